The van der Waals surface area contributed by atoms with Crippen LogP contribution in [0.2, 0.25) is 0 Å². The Bertz CT molecular complexity index is 1020. The molecule has 2 aromatic rings. The standard InChI is InChI=1S/C22H29FN3O5P/c1-31-20-6-4-5-19(25-20)18-13-17(23)8-7-16(18)14-26-11-12-32(29,30)22(15-26,21(27)28)9-2-3-10-24/h4-8,13H,2-3,9-12,14-15,24H2,1H3,(H,27,28)(H,29,30)/t22-/m0/s1. The van der Waals surface area contributed by atoms with Crippen LogP contribution in [-0.2, 0) is 15.9 Å². The number of carboxylic acids is 1. The average Bonchev–Trinajstić information content (AvgIpc) is 2.77. The Morgan fingerprint density at radius 2 is 2.12 bits per heavy atom. The number of carbonyl (C=O) groups is 1. The molecular weight excluding hydrogens is 436 g/mol. The number of pyridine rings is 1. The van der Waals surface area contributed by atoms with E-state index in [2.05, 4.69) is 4.98 Å². The first-order chi connectivity index (χ1) is 15.2. The van der Waals surface area contributed by atoms with Gasteiger partial charge in [0.15, 0.2) is 5.16 Å². The molecule has 0 radical (unpaired) electrons. The van der Waals surface area contributed by atoms with Crippen molar-refractivity contribution in [2.75, 3.05) is 32.9 Å². The molecule has 1 aromatic carbocycles. The van der Waals surface area contributed by atoms with Crippen LogP contribution < -0.4 is 10.5 Å². The van der Waals surface area contributed by atoms with E-state index in [-0.39, 0.29) is 25.7 Å². The summed E-state index contributed by atoms with van der Waals surface area (Å²) in [7, 11) is -2.43. The number of nitrogens with two attached hydrogens (primary N) is 1. The highest BCUT2D eigenvalue weighted by molar-refractivity contribution is 7.61. The Hall–Kier alpha value is -2.32. The van der Waals surface area contributed by atoms with E-state index in [1.54, 1.807) is 24.3 Å². The summed E-state index contributed by atoms with van der Waals surface area (Å²) in [5, 5.41) is 8.23. The van der Waals surface area contributed by atoms with E-state index in [1.807, 2.05) is 4.90 Å². The molecule has 174 valence electrons. The molecule has 1 unspecified atom stereocenters. The first-order valence-corrected chi connectivity index (χ1v) is 12.3. The van der Waals surface area contributed by atoms with Crippen molar-refractivity contribution in [1.29, 1.82) is 0 Å². The maximum atomic E-state index is 14.1. The number of unbranched alkanes of at least 4 members (excludes halogenated alkanes) is 1. The molecule has 2 heterocycles. The van der Waals surface area contributed by atoms with Gasteiger partial charge in [0.25, 0.3) is 0 Å². The van der Waals surface area contributed by atoms with Crippen LogP contribution in [0.1, 0.15) is 24.8 Å². The molecule has 1 aliphatic rings. The van der Waals surface area contributed by atoms with Crippen LogP contribution in [0.4, 0.5) is 4.39 Å². The fraction of sp³-hybridized carbons (Fsp3) is 0.455. The largest absolute Gasteiger partial charge is 0.481 e. The number of hydrogen-bond donors (Lipinski definition) is 3. The van der Waals surface area contributed by atoms with Crippen molar-refractivity contribution < 1.29 is 28.5 Å². The number of benzene rings is 1. The molecule has 8 nitrogen and oxygen atoms in total. The van der Waals surface area contributed by atoms with Crippen molar-refractivity contribution in [2.24, 2.45) is 5.73 Å². The van der Waals surface area contributed by atoms with Gasteiger partial charge in [-0.25, -0.2) is 9.37 Å². The minimum Gasteiger partial charge on any atom is -0.481 e. The third-order valence-electron chi connectivity index (χ3n) is 5.99. The topological polar surface area (TPSA) is 126 Å². The van der Waals surface area contributed by atoms with E-state index in [0.29, 0.717) is 43.1 Å². The molecule has 3 rings (SSSR count). The molecule has 0 spiro atoms. The molecule has 4 N–H and O–H groups in total. The number of hydrogen-bond acceptors (Lipinski definition) is 6. The van der Waals surface area contributed by atoms with E-state index in [9.17, 15) is 23.7 Å². The van der Waals surface area contributed by atoms with Crippen molar-refractivity contribution in [3.8, 4) is 17.1 Å². The normalized spacial score (nSPS) is 23.8. The summed E-state index contributed by atoms with van der Waals surface area (Å²) in [6, 6.07) is 9.54. The highest BCUT2D eigenvalue weighted by atomic mass is 31.2. The summed E-state index contributed by atoms with van der Waals surface area (Å²) in [4.78, 5) is 29.1. The van der Waals surface area contributed by atoms with Crippen molar-refractivity contribution >= 4 is 13.3 Å². The monoisotopic (exact) mass is 465 g/mol. The van der Waals surface area contributed by atoms with E-state index in [0.717, 1.165) is 5.56 Å². The van der Waals surface area contributed by atoms with Gasteiger partial charge in [-0.05, 0) is 43.1 Å². The molecule has 1 saturated heterocycles. The van der Waals surface area contributed by atoms with E-state index < -0.39 is 24.3 Å². The second kappa shape index (κ2) is 10.1. The number of ether oxygens (including phenoxy) is 1. The molecular formula is C22H29FN3O5P. The second-order valence-electron chi connectivity index (χ2n) is 8.09. The van der Waals surface area contributed by atoms with E-state index in [4.69, 9.17) is 10.5 Å². The lowest BCUT2D eigenvalue weighted by Gasteiger charge is -2.43. The molecule has 1 aliphatic heterocycles. The van der Waals surface area contributed by atoms with Crippen molar-refractivity contribution in [3.05, 3.63) is 47.8 Å². The van der Waals surface area contributed by atoms with Gasteiger partial charge in [0, 0.05) is 37.4 Å². The molecule has 0 saturated carbocycles. The Balaban J connectivity index is 1.92. The van der Waals surface area contributed by atoms with Crippen LogP contribution >= 0.6 is 7.37 Å². The number of carboxylic acid groups (broad SMARTS) is 1. The Morgan fingerprint density at radius 3 is 2.81 bits per heavy atom. The molecule has 0 bridgehead atoms. The van der Waals surface area contributed by atoms with Gasteiger partial charge in [0.1, 0.15) is 5.82 Å². The lowest BCUT2D eigenvalue weighted by molar-refractivity contribution is -0.141. The van der Waals surface area contributed by atoms with Gasteiger partial charge < -0.3 is 20.5 Å². The number of aromatic nitrogens is 1. The predicted molar refractivity (Wildman–Crippen MR) is 119 cm³/mol. The first-order valence-electron chi connectivity index (χ1n) is 10.5. The minimum atomic E-state index is -3.93. The van der Waals surface area contributed by atoms with E-state index in [1.165, 1.54) is 19.2 Å². The van der Waals surface area contributed by atoms with Crippen LogP contribution in [0.25, 0.3) is 11.3 Å². The van der Waals surface area contributed by atoms with Crippen molar-refractivity contribution in [1.82, 2.24) is 9.88 Å². The lowest BCUT2D eigenvalue weighted by atomic mass is 9.98. The van der Waals surface area contributed by atoms with Crippen LogP contribution in [0.3, 0.4) is 0 Å². The van der Waals surface area contributed by atoms with Crippen LogP contribution in [0.15, 0.2) is 36.4 Å². The fourth-order valence-corrected chi connectivity index (χ4v) is 6.38. The van der Waals surface area contributed by atoms with Gasteiger partial charge in [-0.3, -0.25) is 14.3 Å². The highest BCUT2D eigenvalue weighted by Crippen LogP contribution is 2.59. The van der Waals surface area contributed by atoms with Gasteiger partial charge >= 0.3 is 5.97 Å². The van der Waals surface area contributed by atoms with Gasteiger partial charge in [-0.1, -0.05) is 18.6 Å². The van der Waals surface area contributed by atoms with Gasteiger partial charge in [0.05, 0.1) is 12.8 Å². The maximum absolute atomic E-state index is 14.1. The van der Waals surface area contributed by atoms with Crippen LogP contribution in [-0.4, -0.2) is 63.9 Å². The quantitative estimate of drug-likeness (QED) is 0.381. The summed E-state index contributed by atoms with van der Waals surface area (Å²) < 4.78 is 32.2. The third kappa shape index (κ3) is 5.02. The fourth-order valence-electron chi connectivity index (χ4n) is 4.17. The third-order valence-corrected chi connectivity index (χ3v) is 8.69. The van der Waals surface area contributed by atoms with E-state index >= 15 is 0 Å². The lowest BCUT2D eigenvalue weighted by Crippen LogP contribution is -2.53. The molecule has 1 aromatic heterocycles. The summed E-state index contributed by atoms with van der Waals surface area (Å²) >= 11 is 0. The number of rotatable bonds is 9. The SMILES string of the molecule is COc1cccc(-c2cc(F)ccc2CN2CCP(=O)(O)[C@](CCCCN)(C(=O)O)C2)n1. The number of nitrogens with zero attached hydrogens (tertiary/aromatic N) is 2. The molecule has 1 fully saturated rings. The van der Waals surface area contributed by atoms with Crippen LogP contribution in [0, 0.1) is 5.82 Å². The van der Waals surface area contributed by atoms with Gasteiger partial charge in [-0.2, -0.15) is 0 Å². The Morgan fingerprint density at radius 1 is 1.34 bits per heavy atom. The summed E-state index contributed by atoms with van der Waals surface area (Å²) in [5.74, 6) is -1.30. The highest BCUT2D eigenvalue weighted by Gasteiger charge is 2.56. The summed E-state index contributed by atoms with van der Waals surface area (Å²) in [6.45, 7) is 0.882. The zero-order chi connectivity index (χ0) is 23.4. The van der Waals surface area contributed by atoms with Crippen molar-refractivity contribution in [2.45, 2.75) is 31.0 Å². The minimum absolute atomic E-state index is 0.0664. The smallest absolute Gasteiger partial charge is 0.320 e. The summed E-state index contributed by atoms with van der Waals surface area (Å²) in [5.41, 5.74) is 7.35. The zero-order valence-electron chi connectivity index (χ0n) is 18.0. The number of halogens is 1. The molecule has 0 amide bonds. The molecule has 0 aliphatic carbocycles. The summed E-state index contributed by atoms with van der Waals surface area (Å²) in [6.07, 6.45) is 1.00. The molecule has 10 heteroatoms. The maximum Gasteiger partial charge on any atom is 0.320 e. The zero-order valence-corrected chi connectivity index (χ0v) is 18.9. The molecule has 2 atom stereocenters. The van der Waals surface area contributed by atoms with Crippen LogP contribution in [0.5, 0.6) is 5.88 Å². The second-order valence-corrected chi connectivity index (χ2v) is 10.8. The average molecular weight is 465 g/mol. The number of aliphatic carboxylic acids is 1. The Labute approximate surface area is 186 Å². The van der Waals surface area contributed by atoms with Crippen molar-refractivity contribution in [3.63, 3.8) is 0 Å². The Kier molecular flexibility index (Phi) is 7.67. The van der Waals surface area contributed by atoms with Gasteiger partial charge in [-0.15, -0.1) is 0 Å². The predicted octanol–water partition coefficient (Wildman–Crippen LogP) is 2.93. The molecule has 32 heavy (non-hydrogen) atoms. The number of methoxy groups -OCH3 is 1. The first kappa shape index (κ1) is 24.3. The van der Waals surface area contributed by atoms with Gasteiger partial charge in [0.2, 0.25) is 13.2 Å².